The molecule has 0 amide bonds. The van der Waals surface area contributed by atoms with Crippen LogP contribution in [-0.2, 0) is 18.6 Å². The first-order valence-corrected chi connectivity index (χ1v) is 14.0. The molecule has 1 fully saturated rings. The van der Waals surface area contributed by atoms with Gasteiger partial charge in [-0.05, 0) is 42.5 Å². The highest BCUT2D eigenvalue weighted by molar-refractivity contribution is 7.49. The molecule has 0 spiro atoms. The minimum atomic E-state index is -4.55. The van der Waals surface area contributed by atoms with Crippen LogP contribution in [0.4, 0.5) is 14.6 Å². The number of esters is 1. The van der Waals surface area contributed by atoms with E-state index in [-0.39, 0.29) is 22.9 Å². The Hall–Kier alpha value is -4.58. The third-order valence-electron chi connectivity index (χ3n) is 6.02. The third-order valence-corrected chi connectivity index (χ3v) is 7.35. The van der Waals surface area contributed by atoms with E-state index in [4.69, 9.17) is 28.8 Å². The Balaban J connectivity index is 1.45. The predicted octanol–water partition coefficient (Wildman–Crippen LogP) is 4.87. The van der Waals surface area contributed by atoms with Gasteiger partial charge in [-0.1, -0.05) is 54.6 Å². The molecule has 4 aromatic rings. The lowest BCUT2D eigenvalue weighted by Gasteiger charge is -2.25. The average molecular weight is 599 g/mol. The summed E-state index contributed by atoms with van der Waals surface area (Å²) in [5.74, 6) is -5.04. The van der Waals surface area contributed by atoms with Crippen LogP contribution in [-0.4, -0.2) is 40.3 Å². The number of nitrogens with zero attached hydrogens (tertiary/aromatic N) is 2. The maximum absolute atomic E-state index is 15.9. The van der Waals surface area contributed by atoms with Gasteiger partial charge in [0, 0.05) is 6.20 Å². The molecule has 14 heteroatoms. The van der Waals surface area contributed by atoms with E-state index in [0.29, 0.717) is 4.57 Å². The van der Waals surface area contributed by atoms with E-state index in [0.717, 1.165) is 12.3 Å². The molecule has 1 aliphatic heterocycles. The van der Waals surface area contributed by atoms with Crippen molar-refractivity contribution in [2.45, 2.75) is 24.4 Å². The second-order valence-corrected chi connectivity index (χ2v) is 10.5. The zero-order valence-corrected chi connectivity index (χ0v) is 22.6. The predicted molar refractivity (Wildman–Crippen MR) is 145 cm³/mol. The van der Waals surface area contributed by atoms with Crippen LogP contribution in [0, 0.1) is 0 Å². The minimum absolute atomic E-state index is 0.00627. The number of rotatable bonds is 10. The molecule has 5 rings (SSSR count). The molecule has 3 aromatic carbocycles. The standard InChI is InChI=1S/C28H24F2N3O8P/c29-28(30)24(39-25(34)19-10-4-1-5-11-19)22(38-26(28)33-17-16-23(31)32-27(33)35)18-37-42(36,40-20-12-6-2-7-13-20)41-21-14-8-3-9-15-21/h1-17,22,24,26H,18H2,(H2,31,32,35)/t22-,24-,26-/m1/s1. The van der Waals surface area contributed by atoms with Gasteiger partial charge in [0.05, 0.1) is 12.2 Å². The summed E-state index contributed by atoms with van der Waals surface area (Å²) in [5, 5.41) is 0. The van der Waals surface area contributed by atoms with E-state index in [1.165, 1.54) is 48.5 Å². The highest BCUT2D eigenvalue weighted by Crippen LogP contribution is 2.51. The summed E-state index contributed by atoms with van der Waals surface area (Å²) in [6.45, 7) is -0.854. The van der Waals surface area contributed by atoms with Crippen molar-refractivity contribution in [2.24, 2.45) is 0 Å². The lowest BCUT2D eigenvalue weighted by atomic mass is 10.1. The second kappa shape index (κ2) is 12.1. The number of alkyl halides is 2. The molecule has 3 atom stereocenters. The highest BCUT2D eigenvalue weighted by Gasteiger charge is 2.63. The Morgan fingerprint density at radius 1 is 0.929 bits per heavy atom. The van der Waals surface area contributed by atoms with Gasteiger partial charge in [0.15, 0.2) is 6.10 Å². The van der Waals surface area contributed by atoms with Crippen molar-refractivity contribution in [3.05, 3.63) is 119 Å². The second-order valence-electron chi connectivity index (χ2n) is 8.99. The van der Waals surface area contributed by atoms with Crippen LogP contribution in [0.15, 0.2) is 108 Å². The Morgan fingerprint density at radius 2 is 1.48 bits per heavy atom. The van der Waals surface area contributed by atoms with Crippen LogP contribution in [0.25, 0.3) is 0 Å². The van der Waals surface area contributed by atoms with Crippen molar-refractivity contribution in [3.8, 4) is 11.5 Å². The fraction of sp³-hybridized carbons (Fsp3) is 0.179. The average Bonchev–Trinajstić information content (AvgIpc) is 3.22. The van der Waals surface area contributed by atoms with Crippen molar-refractivity contribution in [1.29, 1.82) is 0 Å². The molecule has 0 radical (unpaired) electrons. The van der Waals surface area contributed by atoms with E-state index in [2.05, 4.69) is 4.98 Å². The zero-order valence-electron chi connectivity index (χ0n) is 21.7. The maximum Gasteiger partial charge on any atom is 0.587 e. The molecule has 2 N–H and O–H groups in total. The number of aromatic nitrogens is 2. The van der Waals surface area contributed by atoms with Crippen LogP contribution < -0.4 is 20.5 Å². The SMILES string of the molecule is Nc1ccn([C@@H]2O[C@H](COP(=O)(Oc3ccccc3)Oc3ccccc3)[C@@H](OC(=O)c3ccccc3)C2(F)F)c(=O)n1. The Labute approximate surface area is 238 Å². The minimum Gasteiger partial charge on any atom is -0.449 e. The molecule has 1 aliphatic rings. The first-order chi connectivity index (χ1) is 20.1. The van der Waals surface area contributed by atoms with Crippen LogP contribution >= 0.6 is 7.82 Å². The van der Waals surface area contributed by atoms with Gasteiger partial charge in [-0.25, -0.2) is 14.2 Å². The number of carbonyl (C=O) groups excluding carboxylic acids is 1. The van der Waals surface area contributed by atoms with Gasteiger partial charge in [0.25, 0.3) is 0 Å². The van der Waals surface area contributed by atoms with Crippen LogP contribution in [0.1, 0.15) is 16.6 Å². The maximum atomic E-state index is 15.9. The van der Waals surface area contributed by atoms with Gasteiger partial charge in [0.2, 0.25) is 6.23 Å². The van der Waals surface area contributed by atoms with Crippen LogP contribution in [0.5, 0.6) is 11.5 Å². The largest absolute Gasteiger partial charge is 0.587 e. The number of para-hydroxylation sites is 2. The van der Waals surface area contributed by atoms with E-state index in [1.807, 2.05) is 0 Å². The summed E-state index contributed by atoms with van der Waals surface area (Å²) in [4.78, 5) is 28.7. The van der Waals surface area contributed by atoms with Gasteiger partial charge >= 0.3 is 25.4 Å². The molecule has 2 heterocycles. The Bertz CT molecular complexity index is 1580. The van der Waals surface area contributed by atoms with Gasteiger partial charge in [-0.3, -0.25) is 9.09 Å². The molecule has 1 saturated heterocycles. The number of benzene rings is 3. The molecule has 0 aliphatic carbocycles. The number of phosphoric acid groups is 1. The van der Waals surface area contributed by atoms with Gasteiger partial charge in [0.1, 0.15) is 23.4 Å². The van der Waals surface area contributed by atoms with Gasteiger partial charge in [-0.2, -0.15) is 13.8 Å². The fourth-order valence-electron chi connectivity index (χ4n) is 4.07. The first-order valence-electron chi connectivity index (χ1n) is 12.5. The number of ether oxygens (including phenoxy) is 2. The van der Waals surface area contributed by atoms with Crippen molar-refractivity contribution in [3.63, 3.8) is 0 Å². The number of anilines is 1. The third kappa shape index (κ3) is 6.49. The molecule has 42 heavy (non-hydrogen) atoms. The summed E-state index contributed by atoms with van der Waals surface area (Å²) in [6, 6.07) is 24.4. The van der Waals surface area contributed by atoms with Gasteiger partial charge < -0.3 is 24.3 Å². The Kier molecular flexibility index (Phi) is 8.34. The topological polar surface area (TPSA) is 141 Å². The van der Waals surface area contributed by atoms with Crippen molar-refractivity contribution in [2.75, 3.05) is 12.3 Å². The Morgan fingerprint density at radius 3 is 2.02 bits per heavy atom. The molecular formula is C28H24F2N3O8P. The molecule has 0 saturated carbocycles. The summed E-state index contributed by atoms with van der Waals surface area (Å²) >= 11 is 0. The molecule has 0 unspecified atom stereocenters. The van der Waals surface area contributed by atoms with Crippen LogP contribution in [0.3, 0.4) is 0 Å². The number of hydrogen-bond donors (Lipinski definition) is 1. The molecule has 0 bridgehead atoms. The smallest absolute Gasteiger partial charge is 0.449 e. The molecule has 1 aromatic heterocycles. The lowest BCUT2D eigenvalue weighted by molar-refractivity contribution is -0.142. The number of carbonyl (C=O) groups is 1. The monoisotopic (exact) mass is 599 g/mol. The highest BCUT2D eigenvalue weighted by atomic mass is 31.2. The van der Waals surface area contributed by atoms with E-state index in [1.54, 1.807) is 42.5 Å². The summed E-state index contributed by atoms with van der Waals surface area (Å²) in [7, 11) is -4.55. The molecule has 218 valence electrons. The van der Waals surface area contributed by atoms with Crippen molar-refractivity contribution < 1.29 is 41.2 Å². The number of halogens is 2. The summed E-state index contributed by atoms with van der Waals surface area (Å²) in [5.41, 5.74) is 4.37. The summed E-state index contributed by atoms with van der Waals surface area (Å²) < 4.78 is 73.3. The zero-order chi connectivity index (χ0) is 29.7. The first kappa shape index (κ1) is 28.9. The number of phosphoric ester groups is 1. The normalized spacial score (nSPS) is 19.6. The fourth-order valence-corrected chi connectivity index (χ4v) is 5.30. The van der Waals surface area contributed by atoms with Crippen molar-refractivity contribution >= 4 is 19.6 Å². The number of nitrogens with two attached hydrogens (primary N) is 1. The quantitative estimate of drug-likeness (QED) is 0.198. The van der Waals surface area contributed by atoms with Gasteiger partial charge in [-0.15, -0.1) is 0 Å². The lowest BCUT2D eigenvalue weighted by Crippen LogP contribution is -2.44. The molecule has 11 nitrogen and oxygen atoms in total. The van der Waals surface area contributed by atoms with E-state index < -0.39 is 50.4 Å². The molecular weight excluding hydrogens is 575 g/mol. The van der Waals surface area contributed by atoms with Crippen molar-refractivity contribution in [1.82, 2.24) is 9.55 Å². The van der Waals surface area contributed by atoms with E-state index in [9.17, 15) is 14.2 Å². The summed E-state index contributed by atoms with van der Waals surface area (Å²) in [6.07, 6.45) is -5.33. The van der Waals surface area contributed by atoms with E-state index >= 15 is 8.78 Å². The number of nitrogen functional groups attached to an aromatic ring is 1. The number of hydrogen-bond acceptors (Lipinski definition) is 10. The van der Waals surface area contributed by atoms with Crippen LogP contribution in [0.2, 0.25) is 0 Å².